The van der Waals surface area contributed by atoms with Gasteiger partial charge in [-0.15, -0.1) is 0 Å². The van der Waals surface area contributed by atoms with Gasteiger partial charge < -0.3 is 4.90 Å². The third kappa shape index (κ3) is 2.91. The molecule has 0 fully saturated rings. The maximum Gasteiger partial charge on any atom is 0.183 e. The molecule has 0 amide bonds. The summed E-state index contributed by atoms with van der Waals surface area (Å²) < 4.78 is 0. The highest BCUT2D eigenvalue weighted by Crippen LogP contribution is 2.14. The van der Waals surface area contributed by atoms with Crippen LogP contribution in [0.2, 0.25) is 0 Å². The van der Waals surface area contributed by atoms with Crippen molar-refractivity contribution in [2.45, 2.75) is 26.7 Å². The zero-order valence-corrected chi connectivity index (χ0v) is 9.27. The monoisotopic (exact) mass is 204 g/mol. The van der Waals surface area contributed by atoms with Crippen molar-refractivity contribution in [2.24, 2.45) is 0 Å². The Morgan fingerprint density at radius 1 is 1.20 bits per heavy atom. The lowest BCUT2D eigenvalue weighted by molar-refractivity contribution is 0.730. The van der Waals surface area contributed by atoms with Gasteiger partial charge in [0.1, 0.15) is 6.07 Å². The molecule has 0 radical (unpaired) electrons. The minimum atomic E-state index is 0.416. The van der Waals surface area contributed by atoms with Crippen molar-refractivity contribution in [2.75, 3.05) is 18.0 Å². The van der Waals surface area contributed by atoms with Crippen molar-refractivity contribution in [1.82, 2.24) is 9.97 Å². The highest BCUT2D eigenvalue weighted by molar-refractivity contribution is 5.49. The smallest absolute Gasteiger partial charge is 0.183 e. The molecule has 15 heavy (non-hydrogen) atoms. The van der Waals surface area contributed by atoms with Gasteiger partial charge in [0.15, 0.2) is 11.5 Å². The van der Waals surface area contributed by atoms with E-state index in [0.29, 0.717) is 11.5 Å². The highest BCUT2D eigenvalue weighted by Gasteiger charge is 2.11. The summed E-state index contributed by atoms with van der Waals surface area (Å²) in [5, 5.41) is 8.92. The summed E-state index contributed by atoms with van der Waals surface area (Å²) in [6.45, 7) is 6.07. The quantitative estimate of drug-likeness (QED) is 0.735. The van der Waals surface area contributed by atoms with Gasteiger partial charge in [-0.2, -0.15) is 5.26 Å². The van der Waals surface area contributed by atoms with E-state index in [0.717, 1.165) is 25.9 Å². The van der Waals surface area contributed by atoms with Crippen LogP contribution in [0, 0.1) is 11.3 Å². The molecule has 0 saturated carbocycles. The predicted molar refractivity (Wildman–Crippen MR) is 59.5 cm³/mol. The molecule has 0 aliphatic carbocycles. The largest absolute Gasteiger partial charge is 0.354 e. The third-order valence-electron chi connectivity index (χ3n) is 2.07. The summed E-state index contributed by atoms with van der Waals surface area (Å²) in [6.07, 6.45) is 5.27. The first-order chi connectivity index (χ1) is 7.33. The van der Waals surface area contributed by atoms with Crippen molar-refractivity contribution >= 4 is 5.82 Å². The second kappa shape index (κ2) is 5.97. The zero-order valence-electron chi connectivity index (χ0n) is 9.27. The zero-order chi connectivity index (χ0) is 11.1. The SMILES string of the molecule is CCCN(CCC)c1nccnc1C#N. The molecule has 0 saturated heterocycles. The molecule has 4 heteroatoms. The molecular weight excluding hydrogens is 188 g/mol. The van der Waals surface area contributed by atoms with Crippen LogP contribution in [0.4, 0.5) is 5.82 Å². The Kier molecular flexibility index (Phi) is 4.55. The topological polar surface area (TPSA) is 52.8 Å². The van der Waals surface area contributed by atoms with E-state index >= 15 is 0 Å². The molecule has 4 nitrogen and oxygen atoms in total. The van der Waals surface area contributed by atoms with Gasteiger partial charge in [0.25, 0.3) is 0 Å². The van der Waals surface area contributed by atoms with Gasteiger partial charge in [0.2, 0.25) is 0 Å². The lowest BCUT2D eigenvalue weighted by Crippen LogP contribution is -2.27. The maximum absolute atomic E-state index is 8.92. The van der Waals surface area contributed by atoms with Crippen LogP contribution < -0.4 is 4.90 Å². The van der Waals surface area contributed by atoms with E-state index in [2.05, 4.69) is 34.8 Å². The minimum absolute atomic E-state index is 0.416. The standard InChI is InChI=1S/C11H16N4/c1-3-7-15(8-4-2)11-10(9-12)13-5-6-14-11/h5-6H,3-4,7-8H2,1-2H3. The molecule has 0 unspecified atom stereocenters. The van der Waals surface area contributed by atoms with Gasteiger partial charge in [0, 0.05) is 25.5 Å². The Bertz CT molecular complexity index is 337. The van der Waals surface area contributed by atoms with Crippen molar-refractivity contribution in [3.05, 3.63) is 18.1 Å². The van der Waals surface area contributed by atoms with Crippen LogP contribution in [0.3, 0.4) is 0 Å². The third-order valence-corrected chi connectivity index (χ3v) is 2.07. The first-order valence-electron chi connectivity index (χ1n) is 5.29. The van der Waals surface area contributed by atoms with Gasteiger partial charge in [-0.25, -0.2) is 9.97 Å². The van der Waals surface area contributed by atoms with E-state index in [9.17, 15) is 0 Å². The Hall–Kier alpha value is -1.63. The Balaban J connectivity index is 2.94. The minimum Gasteiger partial charge on any atom is -0.354 e. The van der Waals surface area contributed by atoms with Gasteiger partial charge in [-0.3, -0.25) is 0 Å². The molecule has 1 rings (SSSR count). The number of anilines is 1. The van der Waals surface area contributed by atoms with Crippen LogP contribution >= 0.6 is 0 Å². The highest BCUT2D eigenvalue weighted by atomic mass is 15.2. The number of hydrogen-bond donors (Lipinski definition) is 0. The van der Waals surface area contributed by atoms with Crippen molar-refractivity contribution < 1.29 is 0 Å². The fourth-order valence-electron chi connectivity index (χ4n) is 1.50. The van der Waals surface area contributed by atoms with E-state index in [4.69, 9.17) is 5.26 Å². The molecule has 0 aromatic carbocycles. The summed E-state index contributed by atoms with van der Waals surface area (Å²) in [5.41, 5.74) is 0.416. The second-order valence-electron chi connectivity index (χ2n) is 3.33. The number of rotatable bonds is 5. The molecule has 80 valence electrons. The van der Waals surface area contributed by atoms with Crippen molar-refractivity contribution in [3.8, 4) is 6.07 Å². The van der Waals surface area contributed by atoms with Crippen LogP contribution in [0.15, 0.2) is 12.4 Å². The molecule has 0 spiro atoms. The van der Waals surface area contributed by atoms with Crippen LogP contribution in [-0.4, -0.2) is 23.1 Å². The molecule has 0 atom stereocenters. The van der Waals surface area contributed by atoms with E-state index in [1.807, 2.05) is 0 Å². The van der Waals surface area contributed by atoms with Crippen molar-refractivity contribution in [1.29, 1.82) is 5.26 Å². The van der Waals surface area contributed by atoms with Gasteiger partial charge >= 0.3 is 0 Å². The second-order valence-corrected chi connectivity index (χ2v) is 3.33. The average Bonchev–Trinajstić information content (AvgIpc) is 2.29. The Morgan fingerprint density at radius 2 is 1.80 bits per heavy atom. The Morgan fingerprint density at radius 3 is 2.33 bits per heavy atom. The average molecular weight is 204 g/mol. The van der Waals surface area contributed by atoms with E-state index in [1.165, 1.54) is 0 Å². The van der Waals surface area contributed by atoms with Crippen molar-refractivity contribution in [3.63, 3.8) is 0 Å². The summed E-state index contributed by atoms with van der Waals surface area (Å²) >= 11 is 0. The van der Waals surface area contributed by atoms with Crippen LogP contribution in [-0.2, 0) is 0 Å². The molecule has 0 aliphatic rings. The lowest BCUT2D eigenvalue weighted by Gasteiger charge is -2.22. The number of aromatic nitrogens is 2. The van der Waals surface area contributed by atoms with E-state index in [-0.39, 0.29) is 0 Å². The first-order valence-corrected chi connectivity index (χ1v) is 5.29. The molecule has 1 heterocycles. The molecule has 0 bridgehead atoms. The summed E-state index contributed by atoms with van der Waals surface area (Å²) in [4.78, 5) is 10.4. The summed E-state index contributed by atoms with van der Waals surface area (Å²) in [7, 11) is 0. The van der Waals surface area contributed by atoms with E-state index < -0.39 is 0 Å². The van der Waals surface area contributed by atoms with Gasteiger partial charge in [-0.05, 0) is 12.8 Å². The molecule has 1 aromatic rings. The van der Waals surface area contributed by atoms with Gasteiger partial charge in [0.05, 0.1) is 0 Å². The number of nitriles is 1. The fraction of sp³-hybridized carbons (Fsp3) is 0.545. The molecule has 0 N–H and O–H groups in total. The predicted octanol–water partition coefficient (Wildman–Crippen LogP) is 1.97. The lowest BCUT2D eigenvalue weighted by atomic mass is 10.3. The maximum atomic E-state index is 8.92. The Labute approximate surface area is 90.6 Å². The molecule has 0 aliphatic heterocycles. The van der Waals surface area contributed by atoms with Gasteiger partial charge in [-0.1, -0.05) is 13.8 Å². The number of nitrogens with zero attached hydrogens (tertiary/aromatic N) is 4. The molecule has 1 aromatic heterocycles. The van der Waals surface area contributed by atoms with Crippen LogP contribution in [0.5, 0.6) is 0 Å². The van der Waals surface area contributed by atoms with E-state index in [1.54, 1.807) is 12.4 Å². The number of hydrogen-bond acceptors (Lipinski definition) is 4. The fourth-order valence-corrected chi connectivity index (χ4v) is 1.50. The van der Waals surface area contributed by atoms with Crippen LogP contribution in [0.1, 0.15) is 32.4 Å². The summed E-state index contributed by atoms with van der Waals surface area (Å²) in [6, 6.07) is 2.08. The first kappa shape index (κ1) is 11.4. The normalized spacial score (nSPS) is 9.67. The summed E-state index contributed by atoms with van der Waals surface area (Å²) in [5.74, 6) is 0.712. The van der Waals surface area contributed by atoms with Crippen LogP contribution in [0.25, 0.3) is 0 Å². The molecular formula is C11H16N4.